The molecule has 0 aliphatic carbocycles. The van der Waals surface area contributed by atoms with Gasteiger partial charge in [-0.2, -0.15) is 10.1 Å². The molecule has 0 bridgehead atoms. The number of methoxy groups -OCH3 is 1. The van der Waals surface area contributed by atoms with E-state index in [2.05, 4.69) is 39.5 Å². The molecule has 1 fully saturated rings. The molecule has 162 valence electrons. The Hall–Kier alpha value is -3.20. The molecule has 9 heteroatoms. The number of benzene rings is 1. The average molecular weight is 422 g/mol. The zero-order valence-electron chi connectivity index (χ0n) is 18.1. The molecule has 0 saturated carbocycles. The normalized spacial score (nSPS) is 18.5. The second-order valence-electron chi connectivity index (χ2n) is 8.39. The molecule has 1 unspecified atom stereocenters. The van der Waals surface area contributed by atoms with E-state index in [9.17, 15) is 4.79 Å². The molecular weight excluding hydrogens is 394 g/mol. The first-order valence-corrected chi connectivity index (χ1v) is 10.6. The molecule has 4 heterocycles. The summed E-state index contributed by atoms with van der Waals surface area (Å²) in [4.78, 5) is 25.1. The van der Waals surface area contributed by atoms with Gasteiger partial charge in [-0.05, 0) is 43.1 Å². The quantitative estimate of drug-likeness (QED) is 0.676. The van der Waals surface area contributed by atoms with Gasteiger partial charge < -0.3 is 19.9 Å². The molecule has 1 saturated heterocycles. The number of likely N-dealkylation sites (tertiary alicyclic amines) is 1. The second kappa shape index (κ2) is 7.81. The molecule has 0 spiro atoms. The first kappa shape index (κ1) is 19.7. The number of likely N-dealkylation sites (N-methyl/N-ethyl adjacent to an activating group) is 1. The molecule has 2 aromatic heterocycles. The summed E-state index contributed by atoms with van der Waals surface area (Å²) < 4.78 is 7.49. The van der Waals surface area contributed by atoms with Gasteiger partial charge in [-0.25, -0.2) is 9.67 Å². The lowest BCUT2D eigenvalue weighted by Crippen LogP contribution is -2.52. The summed E-state index contributed by atoms with van der Waals surface area (Å²) >= 11 is 0. The first-order chi connectivity index (χ1) is 15.0. The Bertz CT molecular complexity index is 1140. The van der Waals surface area contributed by atoms with Crippen molar-refractivity contribution in [2.75, 3.05) is 32.6 Å². The zero-order chi connectivity index (χ0) is 21.5. The van der Waals surface area contributed by atoms with Gasteiger partial charge in [0.05, 0.1) is 37.0 Å². The minimum Gasteiger partial charge on any atom is -0.495 e. The van der Waals surface area contributed by atoms with Crippen LogP contribution in [0.4, 0.5) is 11.6 Å². The third-order valence-electron chi connectivity index (χ3n) is 6.28. The van der Waals surface area contributed by atoms with Crippen molar-refractivity contribution in [3.8, 4) is 5.75 Å². The predicted octanol–water partition coefficient (Wildman–Crippen LogP) is 2.19. The molecule has 1 atom stereocenters. The van der Waals surface area contributed by atoms with Crippen molar-refractivity contribution in [2.45, 2.75) is 38.9 Å². The lowest BCUT2D eigenvalue weighted by molar-refractivity contribution is -0.136. The van der Waals surface area contributed by atoms with Gasteiger partial charge in [0, 0.05) is 32.8 Å². The van der Waals surface area contributed by atoms with E-state index < -0.39 is 0 Å². The summed E-state index contributed by atoms with van der Waals surface area (Å²) in [5.74, 6) is 1.38. The topological polar surface area (TPSA) is 88.4 Å². The molecule has 9 nitrogen and oxygen atoms in total. The zero-order valence-corrected chi connectivity index (χ0v) is 18.1. The Kier molecular flexibility index (Phi) is 4.97. The standard InChI is InChI=1S/C22H27N7O2/c1-14(30)28-7-5-18(28)13-29-21-17(11-24-29)10-23-22(26-21)25-19-8-16-12-27(2)6-4-15(16)9-20(19)31-3/h8-11,18H,4-7,12-13H2,1-3H3,(H,23,25,26). The van der Waals surface area contributed by atoms with E-state index in [4.69, 9.17) is 9.72 Å². The molecule has 2 aliphatic heterocycles. The summed E-state index contributed by atoms with van der Waals surface area (Å²) in [6.45, 7) is 5.02. The van der Waals surface area contributed by atoms with Gasteiger partial charge in [-0.15, -0.1) is 0 Å². The number of amides is 1. The van der Waals surface area contributed by atoms with E-state index in [-0.39, 0.29) is 11.9 Å². The van der Waals surface area contributed by atoms with Crippen LogP contribution in [0.2, 0.25) is 0 Å². The minimum absolute atomic E-state index is 0.106. The Balaban J connectivity index is 1.42. The van der Waals surface area contributed by atoms with Crippen LogP contribution in [-0.2, 0) is 24.3 Å². The fourth-order valence-corrected chi connectivity index (χ4v) is 4.42. The van der Waals surface area contributed by atoms with E-state index in [0.717, 1.165) is 54.9 Å². The van der Waals surface area contributed by atoms with E-state index in [1.807, 2.05) is 9.58 Å². The van der Waals surface area contributed by atoms with E-state index >= 15 is 0 Å². The lowest BCUT2D eigenvalue weighted by Gasteiger charge is -2.40. The molecule has 1 aromatic carbocycles. The van der Waals surface area contributed by atoms with Crippen molar-refractivity contribution in [2.24, 2.45) is 0 Å². The number of rotatable bonds is 5. The van der Waals surface area contributed by atoms with Crippen molar-refractivity contribution in [3.63, 3.8) is 0 Å². The van der Waals surface area contributed by atoms with Crippen molar-refractivity contribution in [1.82, 2.24) is 29.5 Å². The number of hydrogen-bond donors (Lipinski definition) is 1. The van der Waals surface area contributed by atoms with Crippen LogP contribution in [0.15, 0.2) is 24.5 Å². The van der Waals surface area contributed by atoms with Crippen LogP contribution in [0, 0.1) is 0 Å². The third-order valence-corrected chi connectivity index (χ3v) is 6.28. The van der Waals surface area contributed by atoms with Gasteiger partial charge in [0.1, 0.15) is 5.75 Å². The van der Waals surface area contributed by atoms with Crippen molar-refractivity contribution >= 4 is 28.6 Å². The smallest absolute Gasteiger partial charge is 0.229 e. The Labute approximate surface area is 181 Å². The lowest BCUT2D eigenvalue weighted by atomic mass is 9.99. The molecule has 3 aromatic rings. The van der Waals surface area contributed by atoms with Crippen LogP contribution < -0.4 is 10.1 Å². The SMILES string of the molecule is COc1cc2c(cc1Nc1ncc3cnn(CC4CCN4C(C)=O)c3n1)CN(C)CC2. The Morgan fingerprint density at radius 3 is 2.87 bits per heavy atom. The summed E-state index contributed by atoms with van der Waals surface area (Å²) in [6, 6.07) is 4.42. The molecule has 0 radical (unpaired) electrons. The highest BCUT2D eigenvalue weighted by Crippen LogP contribution is 2.33. The number of aromatic nitrogens is 4. The van der Waals surface area contributed by atoms with Gasteiger partial charge in [0.15, 0.2) is 5.65 Å². The summed E-state index contributed by atoms with van der Waals surface area (Å²) in [6.07, 6.45) is 5.54. The highest BCUT2D eigenvalue weighted by molar-refractivity contribution is 5.76. The number of nitrogens with zero attached hydrogens (tertiary/aromatic N) is 6. The van der Waals surface area contributed by atoms with Crippen LogP contribution in [0.1, 0.15) is 24.5 Å². The summed E-state index contributed by atoms with van der Waals surface area (Å²) in [7, 11) is 3.81. The number of fused-ring (bicyclic) bond motifs is 2. The largest absolute Gasteiger partial charge is 0.495 e. The maximum Gasteiger partial charge on any atom is 0.229 e. The van der Waals surface area contributed by atoms with E-state index in [0.29, 0.717) is 12.5 Å². The monoisotopic (exact) mass is 421 g/mol. The van der Waals surface area contributed by atoms with Crippen LogP contribution in [0.5, 0.6) is 5.75 Å². The van der Waals surface area contributed by atoms with Crippen molar-refractivity contribution in [3.05, 3.63) is 35.7 Å². The molecule has 1 N–H and O–H groups in total. The Morgan fingerprint density at radius 1 is 1.26 bits per heavy atom. The predicted molar refractivity (Wildman–Crippen MR) is 117 cm³/mol. The molecule has 31 heavy (non-hydrogen) atoms. The maximum absolute atomic E-state index is 11.7. The fraction of sp³-hybridized carbons (Fsp3) is 0.455. The van der Waals surface area contributed by atoms with Crippen molar-refractivity contribution < 1.29 is 9.53 Å². The number of nitrogens with one attached hydrogen (secondary N) is 1. The second-order valence-corrected chi connectivity index (χ2v) is 8.39. The van der Waals surface area contributed by atoms with E-state index in [1.165, 1.54) is 11.1 Å². The number of ether oxygens (including phenoxy) is 1. The number of anilines is 2. The number of hydrogen-bond acceptors (Lipinski definition) is 7. The van der Waals surface area contributed by atoms with Crippen LogP contribution in [0.25, 0.3) is 11.0 Å². The highest BCUT2D eigenvalue weighted by Gasteiger charge is 2.30. The molecule has 5 rings (SSSR count). The van der Waals surface area contributed by atoms with Crippen LogP contribution in [-0.4, -0.2) is 68.7 Å². The first-order valence-electron chi connectivity index (χ1n) is 10.6. The summed E-state index contributed by atoms with van der Waals surface area (Å²) in [5, 5.41) is 8.68. The maximum atomic E-state index is 11.7. The molecule has 2 aliphatic rings. The fourth-order valence-electron chi connectivity index (χ4n) is 4.42. The van der Waals surface area contributed by atoms with Gasteiger partial charge in [-0.3, -0.25) is 4.79 Å². The van der Waals surface area contributed by atoms with Gasteiger partial charge in [-0.1, -0.05) is 0 Å². The highest BCUT2D eigenvalue weighted by atomic mass is 16.5. The molecular formula is C22H27N7O2. The number of carbonyl (C=O) groups is 1. The minimum atomic E-state index is 0.106. The van der Waals surface area contributed by atoms with Gasteiger partial charge in [0.25, 0.3) is 0 Å². The van der Waals surface area contributed by atoms with Crippen LogP contribution >= 0.6 is 0 Å². The van der Waals surface area contributed by atoms with Gasteiger partial charge >= 0.3 is 0 Å². The molecule has 1 amide bonds. The van der Waals surface area contributed by atoms with Crippen molar-refractivity contribution in [1.29, 1.82) is 0 Å². The average Bonchev–Trinajstić information content (AvgIpc) is 3.12. The Morgan fingerprint density at radius 2 is 2.13 bits per heavy atom. The van der Waals surface area contributed by atoms with E-state index in [1.54, 1.807) is 26.4 Å². The third kappa shape index (κ3) is 3.69. The van der Waals surface area contributed by atoms with Crippen LogP contribution in [0.3, 0.4) is 0 Å². The number of carbonyl (C=O) groups excluding carboxylic acids is 1. The van der Waals surface area contributed by atoms with Gasteiger partial charge in [0.2, 0.25) is 11.9 Å². The summed E-state index contributed by atoms with van der Waals surface area (Å²) in [5.41, 5.74) is 4.22.